The van der Waals surface area contributed by atoms with Crippen molar-refractivity contribution in [2.24, 2.45) is 0 Å². The lowest BCUT2D eigenvalue weighted by Crippen LogP contribution is -2.07. The van der Waals surface area contributed by atoms with Crippen LogP contribution < -0.4 is 5.32 Å². The number of thiazole rings is 1. The first-order chi connectivity index (χ1) is 11.0. The van der Waals surface area contributed by atoms with Crippen LogP contribution in [0.5, 0.6) is 0 Å². The normalized spacial score (nSPS) is 12.3. The van der Waals surface area contributed by atoms with E-state index in [0.717, 1.165) is 29.0 Å². The van der Waals surface area contributed by atoms with Gasteiger partial charge in [-0.2, -0.15) is 13.2 Å². The zero-order valence-corrected chi connectivity index (χ0v) is 14.4. The van der Waals surface area contributed by atoms with Crippen LogP contribution in [-0.2, 0) is 22.4 Å². The average Bonchev–Trinajstić information content (AvgIpc) is 3.03. The van der Waals surface area contributed by atoms with Crippen LogP contribution in [0.1, 0.15) is 10.7 Å². The summed E-state index contributed by atoms with van der Waals surface area (Å²) in [5.41, 5.74) is -1.38. The monoisotopic (exact) mass is 401 g/mol. The molecule has 0 bridgehead atoms. The standard InChI is InChI=1S/C11H10F3N3O4S3/c1-24(20,21)9-4-6(17(18)19)10(23-9)15-3-2-8-16-7(5-22-8)11(12,13)14/h4-5,15H,2-3H2,1H3. The van der Waals surface area contributed by atoms with Gasteiger partial charge in [-0.25, -0.2) is 13.4 Å². The largest absolute Gasteiger partial charge is 0.434 e. The van der Waals surface area contributed by atoms with Gasteiger partial charge >= 0.3 is 11.9 Å². The summed E-state index contributed by atoms with van der Waals surface area (Å²) in [6.07, 6.45) is -3.47. The minimum absolute atomic E-state index is 0.0352. The number of thiophene rings is 1. The number of nitro groups is 1. The second-order valence-corrected chi connectivity index (χ2v) is 8.85. The Morgan fingerprint density at radius 3 is 2.58 bits per heavy atom. The molecule has 0 saturated carbocycles. The van der Waals surface area contributed by atoms with E-state index in [-0.39, 0.29) is 27.2 Å². The molecule has 0 aliphatic carbocycles. The fourth-order valence-electron chi connectivity index (χ4n) is 1.64. The maximum absolute atomic E-state index is 12.4. The van der Waals surface area contributed by atoms with Crippen molar-refractivity contribution < 1.29 is 26.5 Å². The van der Waals surface area contributed by atoms with E-state index in [1.54, 1.807) is 0 Å². The van der Waals surface area contributed by atoms with Crippen molar-refractivity contribution in [1.29, 1.82) is 0 Å². The number of alkyl halides is 3. The Labute approximate surface area is 142 Å². The topological polar surface area (TPSA) is 102 Å². The molecule has 132 valence electrons. The van der Waals surface area contributed by atoms with Crippen LogP contribution in [0.25, 0.3) is 0 Å². The molecule has 24 heavy (non-hydrogen) atoms. The highest BCUT2D eigenvalue weighted by Gasteiger charge is 2.33. The number of sulfone groups is 1. The first-order valence-corrected chi connectivity index (χ1v) is 9.81. The first kappa shape index (κ1) is 18.6. The van der Waals surface area contributed by atoms with Gasteiger partial charge in [-0.1, -0.05) is 11.3 Å². The van der Waals surface area contributed by atoms with E-state index in [1.807, 2.05) is 0 Å². The van der Waals surface area contributed by atoms with Crippen LogP contribution in [0.4, 0.5) is 23.9 Å². The highest BCUT2D eigenvalue weighted by molar-refractivity contribution is 7.92. The Bertz CT molecular complexity index is 857. The van der Waals surface area contributed by atoms with Crippen LogP contribution in [0, 0.1) is 10.1 Å². The van der Waals surface area contributed by atoms with E-state index >= 15 is 0 Å². The van der Waals surface area contributed by atoms with Crippen LogP contribution in [0.2, 0.25) is 0 Å². The minimum Gasteiger partial charge on any atom is -0.371 e. The molecule has 0 aromatic carbocycles. The SMILES string of the molecule is CS(=O)(=O)c1cc([N+](=O)[O-])c(NCCc2nc(C(F)(F)F)cs2)s1. The van der Waals surface area contributed by atoms with Crippen molar-refractivity contribution in [3.63, 3.8) is 0 Å². The molecule has 0 fully saturated rings. The molecular formula is C11H10F3N3O4S3. The van der Waals surface area contributed by atoms with Crippen LogP contribution >= 0.6 is 22.7 Å². The van der Waals surface area contributed by atoms with E-state index in [0.29, 0.717) is 11.3 Å². The second kappa shape index (κ2) is 6.64. The molecule has 0 radical (unpaired) electrons. The summed E-state index contributed by atoms with van der Waals surface area (Å²) in [6, 6.07) is 0.952. The smallest absolute Gasteiger partial charge is 0.371 e. The predicted octanol–water partition coefficient (Wildman–Crippen LogP) is 3.19. The number of nitrogens with zero attached hydrogens (tertiary/aromatic N) is 2. The Kier molecular flexibility index (Phi) is 5.15. The molecule has 2 aromatic rings. The van der Waals surface area contributed by atoms with Gasteiger partial charge in [0.15, 0.2) is 20.5 Å². The quantitative estimate of drug-likeness (QED) is 0.589. The van der Waals surface area contributed by atoms with Crippen molar-refractivity contribution in [3.05, 3.63) is 32.3 Å². The van der Waals surface area contributed by atoms with Crippen molar-refractivity contribution in [3.8, 4) is 0 Å². The number of anilines is 1. The number of hydrogen-bond donors (Lipinski definition) is 1. The molecule has 0 spiro atoms. The van der Waals surface area contributed by atoms with Gasteiger partial charge in [-0.05, 0) is 0 Å². The molecule has 0 aliphatic rings. The van der Waals surface area contributed by atoms with Crippen molar-refractivity contribution >= 4 is 43.2 Å². The van der Waals surface area contributed by atoms with Gasteiger partial charge in [-0.15, -0.1) is 11.3 Å². The Morgan fingerprint density at radius 1 is 1.42 bits per heavy atom. The maximum atomic E-state index is 12.4. The zero-order valence-electron chi connectivity index (χ0n) is 12.0. The molecular weight excluding hydrogens is 391 g/mol. The lowest BCUT2D eigenvalue weighted by atomic mass is 10.4. The fraction of sp³-hybridized carbons (Fsp3) is 0.364. The fourth-order valence-corrected chi connectivity index (χ4v) is 4.41. The summed E-state index contributed by atoms with van der Waals surface area (Å²) in [4.78, 5) is 13.7. The third-order valence-electron chi connectivity index (χ3n) is 2.72. The van der Waals surface area contributed by atoms with Crippen LogP contribution in [0.15, 0.2) is 15.7 Å². The second-order valence-electron chi connectivity index (χ2n) is 4.61. The predicted molar refractivity (Wildman–Crippen MR) is 83.4 cm³/mol. The maximum Gasteiger partial charge on any atom is 0.434 e. The van der Waals surface area contributed by atoms with Gasteiger partial charge in [0.05, 0.1) is 9.93 Å². The van der Waals surface area contributed by atoms with E-state index in [1.165, 1.54) is 0 Å². The summed E-state index contributed by atoms with van der Waals surface area (Å²) in [5.74, 6) is 0. The molecule has 2 heterocycles. The molecule has 0 unspecified atom stereocenters. The number of halogens is 3. The number of nitrogens with one attached hydrogen (secondary N) is 1. The lowest BCUT2D eigenvalue weighted by Gasteiger charge is -2.02. The average molecular weight is 401 g/mol. The van der Waals surface area contributed by atoms with Crippen molar-refractivity contribution in [2.75, 3.05) is 18.1 Å². The Balaban J connectivity index is 2.08. The van der Waals surface area contributed by atoms with Gasteiger partial charge < -0.3 is 5.32 Å². The number of aromatic nitrogens is 1. The molecule has 0 aliphatic heterocycles. The summed E-state index contributed by atoms with van der Waals surface area (Å²) in [7, 11) is -3.59. The third kappa shape index (κ3) is 4.42. The Hall–Kier alpha value is -1.73. The number of rotatable bonds is 6. The molecule has 1 N–H and O–H groups in total. The Morgan fingerprint density at radius 2 is 2.08 bits per heavy atom. The van der Waals surface area contributed by atoms with Crippen LogP contribution in [0.3, 0.4) is 0 Å². The van der Waals surface area contributed by atoms with Gasteiger partial charge in [0.25, 0.3) is 0 Å². The van der Waals surface area contributed by atoms with E-state index in [9.17, 15) is 31.7 Å². The molecule has 2 aromatic heterocycles. The van der Waals surface area contributed by atoms with Gasteiger partial charge in [-0.3, -0.25) is 10.1 Å². The number of hydrogen-bond acceptors (Lipinski definition) is 8. The first-order valence-electron chi connectivity index (χ1n) is 6.22. The lowest BCUT2D eigenvalue weighted by molar-refractivity contribution is -0.383. The molecule has 7 nitrogen and oxygen atoms in total. The van der Waals surface area contributed by atoms with Crippen LogP contribution in [-0.4, -0.2) is 31.1 Å². The van der Waals surface area contributed by atoms with E-state index in [4.69, 9.17) is 0 Å². The summed E-state index contributed by atoms with van der Waals surface area (Å²) < 4.78 is 60.1. The zero-order chi connectivity index (χ0) is 18.1. The molecule has 0 saturated heterocycles. The van der Waals surface area contributed by atoms with Gasteiger partial charge in [0.1, 0.15) is 4.21 Å². The third-order valence-corrected chi connectivity index (χ3v) is 6.51. The molecule has 0 amide bonds. The summed E-state index contributed by atoms with van der Waals surface area (Å²) >= 11 is 1.54. The molecule has 2 rings (SSSR count). The summed E-state index contributed by atoms with van der Waals surface area (Å²) in [5, 5.41) is 14.8. The minimum atomic E-state index is -4.51. The van der Waals surface area contributed by atoms with Gasteiger partial charge in [0, 0.05) is 30.7 Å². The highest BCUT2D eigenvalue weighted by Crippen LogP contribution is 2.37. The van der Waals surface area contributed by atoms with Gasteiger partial charge in [0.2, 0.25) is 0 Å². The molecule has 13 heteroatoms. The van der Waals surface area contributed by atoms with Crippen molar-refractivity contribution in [2.45, 2.75) is 16.8 Å². The molecule has 0 atom stereocenters. The summed E-state index contributed by atoms with van der Waals surface area (Å²) in [6.45, 7) is 0.0787. The van der Waals surface area contributed by atoms with Crippen molar-refractivity contribution in [1.82, 2.24) is 4.98 Å². The van der Waals surface area contributed by atoms with E-state index in [2.05, 4.69) is 10.3 Å². The highest BCUT2D eigenvalue weighted by atomic mass is 32.2. The van der Waals surface area contributed by atoms with E-state index < -0.39 is 32.3 Å².